The van der Waals surface area contributed by atoms with Crippen molar-refractivity contribution < 1.29 is 9.18 Å². The fourth-order valence-electron chi connectivity index (χ4n) is 2.06. The fourth-order valence-corrected chi connectivity index (χ4v) is 2.06. The Morgan fingerprint density at radius 1 is 1.13 bits per heavy atom. The number of rotatable bonds is 5. The molecular weight excluding hydrogens is 295 g/mol. The zero-order valence-electron chi connectivity index (χ0n) is 13.6. The number of nitrogens with one attached hydrogen (secondary N) is 2. The Morgan fingerprint density at radius 3 is 2.39 bits per heavy atom. The average molecular weight is 316 g/mol. The van der Waals surface area contributed by atoms with Crippen LogP contribution in [0.2, 0.25) is 0 Å². The Balaban J connectivity index is 1.83. The van der Waals surface area contributed by atoms with Crippen molar-refractivity contribution in [2.75, 3.05) is 19.0 Å². The molecule has 0 atom stereocenters. The van der Waals surface area contributed by atoms with E-state index in [2.05, 4.69) is 15.6 Å². The third kappa shape index (κ3) is 4.95. The van der Waals surface area contributed by atoms with Crippen LogP contribution in [0.3, 0.4) is 0 Å². The highest BCUT2D eigenvalue weighted by atomic mass is 19.1. The lowest BCUT2D eigenvalue weighted by atomic mass is 10.1. The van der Waals surface area contributed by atoms with Crippen molar-refractivity contribution in [1.29, 1.82) is 0 Å². The second kappa shape index (κ2) is 7.58. The van der Waals surface area contributed by atoms with Gasteiger partial charge < -0.3 is 15.5 Å². The number of anilines is 1. The summed E-state index contributed by atoms with van der Waals surface area (Å²) in [5.41, 5.74) is 2.40. The number of urea groups is 1. The maximum absolute atomic E-state index is 13.2. The van der Waals surface area contributed by atoms with Crippen LogP contribution >= 0.6 is 0 Å². The van der Waals surface area contributed by atoms with E-state index in [1.807, 2.05) is 31.1 Å². The van der Waals surface area contributed by atoms with Gasteiger partial charge in [0.1, 0.15) is 11.6 Å². The highest BCUT2D eigenvalue weighted by Gasteiger charge is 2.04. The summed E-state index contributed by atoms with van der Waals surface area (Å²) >= 11 is 0. The summed E-state index contributed by atoms with van der Waals surface area (Å²) < 4.78 is 13.2. The molecule has 5 nitrogen and oxygen atoms in total. The molecule has 2 N–H and O–H groups in total. The first kappa shape index (κ1) is 16.7. The van der Waals surface area contributed by atoms with E-state index in [1.165, 1.54) is 6.07 Å². The quantitative estimate of drug-likeness (QED) is 0.891. The number of halogens is 1. The number of hydrogen-bond donors (Lipinski definition) is 2. The maximum Gasteiger partial charge on any atom is 0.315 e. The van der Waals surface area contributed by atoms with Crippen molar-refractivity contribution in [3.63, 3.8) is 0 Å². The predicted octanol–water partition coefficient (Wildman–Crippen LogP) is 2.59. The third-order valence-corrected chi connectivity index (χ3v) is 3.40. The molecule has 1 aromatic heterocycles. The van der Waals surface area contributed by atoms with Gasteiger partial charge in [0.2, 0.25) is 0 Å². The van der Waals surface area contributed by atoms with Crippen molar-refractivity contribution in [2.24, 2.45) is 0 Å². The Hall–Kier alpha value is -2.63. The van der Waals surface area contributed by atoms with Crippen molar-refractivity contribution in [3.05, 3.63) is 59.0 Å². The summed E-state index contributed by atoms with van der Waals surface area (Å²) in [6, 6.07) is 8.30. The summed E-state index contributed by atoms with van der Waals surface area (Å²) in [5, 5.41) is 5.55. The minimum atomic E-state index is -0.268. The van der Waals surface area contributed by atoms with Crippen LogP contribution in [-0.4, -0.2) is 25.1 Å². The number of carbonyl (C=O) groups is 1. The number of carbonyl (C=O) groups excluding carboxylic acids is 1. The summed E-state index contributed by atoms with van der Waals surface area (Å²) in [7, 11) is 3.83. The maximum atomic E-state index is 13.2. The molecule has 2 aromatic rings. The van der Waals surface area contributed by atoms with Gasteiger partial charge in [-0.05, 0) is 41.8 Å². The van der Waals surface area contributed by atoms with Gasteiger partial charge in [-0.3, -0.25) is 0 Å². The minimum Gasteiger partial charge on any atom is -0.363 e. The van der Waals surface area contributed by atoms with E-state index >= 15 is 0 Å². The molecule has 2 amide bonds. The van der Waals surface area contributed by atoms with E-state index < -0.39 is 0 Å². The number of pyridine rings is 1. The first-order chi connectivity index (χ1) is 11.0. The fraction of sp³-hybridized carbons (Fsp3) is 0.294. The van der Waals surface area contributed by atoms with Gasteiger partial charge in [-0.15, -0.1) is 0 Å². The summed E-state index contributed by atoms with van der Waals surface area (Å²) in [6.45, 7) is 2.47. The lowest BCUT2D eigenvalue weighted by molar-refractivity contribution is 0.240. The molecule has 0 aliphatic heterocycles. The average Bonchev–Trinajstić information content (AvgIpc) is 2.54. The van der Waals surface area contributed by atoms with E-state index in [9.17, 15) is 9.18 Å². The first-order valence-corrected chi connectivity index (χ1v) is 7.34. The summed E-state index contributed by atoms with van der Waals surface area (Å²) in [6.07, 6.45) is 1.71. The van der Waals surface area contributed by atoms with E-state index in [0.29, 0.717) is 18.7 Å². The van der Waals surface area contributed by atoms with Crippen LogP contribution in [0.15, 0.2) is 36.5 Å². The molecule has 0 saturated carbocycles. The molecule has 0 radical (unpaired) electrons. The normalized spacial score (nSPS) is 10.3. The SMILES string of the molecule is Cc1cc(CNC(=O)NCc2ccnc(N(C)C)c2)ccc1F. The van der Waals surface area contributed by atoms with Gasteiger partial charge in [0.05, 0.1) is 0 Å². The van der Waals surface area contributed by atoms with Gasteiger partial charge in [0, 0.05) is 33.4 Å². The number of hydrogen-bond acceptors (Lipinski definition) is 3. The second-order valence-electron chi connectivity index (χ2n) is 5.54. The molecule has 0 spiro atoms. The van der Waals surface area contributed by atoms with Gasteiger partial charge in [-0.2, -0.15) is 0 Å². The monoisotopic (exact) mass is 316 g/mol. The van der Waals surface area contributed by atoms with Crippen molar-refractivity contribution in [2.45, 2.75) is 20.0 Å². The second-order valence-corrected chi connectivity index (χ2v) is 5.54. The Kier molecular flexibility index (Phi) is 5.51. The van der Waals surface area contributed by atoms with E-state index in [1.54, 1.807) is 25.3 Å². The molecule has 6 heteroatoms. The van der Waals surface area contributed by atoms with E-state index in [0.717, 1.165) is 16.9 Å². The summed E-state index contributed by atoms with van der Waals surface area (Å²) in [4.78, 5) is 18.0. The molecular formula is C17H21FN4O. The molecule has 0 aliphatic carbocycles. The van der Waals surface area contributed by atoms with E-state index in [4.69, 9.17) is 0 Å². The predicted molar refractivity (Wildman–Crippen MR) is 88.8 cm³/mol. The van der Waals surface area contributed by atoms with Crippen molar-refractivity contribution >= 4 is 11.8 Å². The van der Waals surface area contributed by atoms with Gasteiger partial charge in [-0.25, -0.2) is 14.2 Å². The molecule has 23 heavy (non-hydrogen) atoms. The number of aryl methyl sites for hydroxylation is 1. The molecule has 1 heterocycles. The lowest BCUT2D eigenvalue weighted by Crippen LogP contribution is -2.34. The van der Waals surface area contributed by atoms with Gasteiger partial charge in [-0.1, -0.05) is 12.1 Å². The molecule has 0 fully saturated rings. The Morgan fingerprint density at radius 2 is 1.78 bits per heavy atom. The lowest BCUT2D eigenvalue weighted by Gasteiger charge is -2.13. The summed E-state index contributed by atoms with van der Waals surface area (Å²) in [5.74, 6) is 0.596. The number of benzene rings is 1. The molecule has 0 aliphatic rings. The third-order valence-electron chi connectivity index (χ3n) is 3.40. The smallest absolute Gasteiger partial charge is 0.315 e. The van der Waals surface area contributed by atoms with Gasteiger partial charge in [0.25, 0.3) is 0 Å². The molecule has 2 rings (SSSR count). The Bertz CT molecular complexity index is 688. The van der Waals surface area contributed by atoms with Crippen LogP contribution in [0, 0.1) is 12.7 Å². The van der Waals surface area contributed by atoms with Gasteiger partial charge >= 0.3 is 6.03 Å². The topological polar surface area (TPSA) is 57.3 Å². The van der Waals surface area contributed by atoms with Crippen LogP contribution in [0.4, 0.5) is 15.0 Å². The highest BCUT2D eigenvalue weighted by Crippen LogP contribution is 2.10. The first-order valence-electron chi connectivity index (χ1n) is 7.34. The Labute approximate surface area is 135 Å². The number of amides is 2. The number of nitrogens with zero attached hydrogens (tertiary/aromatic N) is 2. The largest absolute Gasteiger partial charge is 0.363 e. The molecule has 0 saturated heterocycles. The van der Waals surface area contributed by atoms with Crippen LogP contribution in [0.5, 0.6) is 0 Å². The molecule has 0 bridgehead atoms. The van der Waals surface area contributed by atoms with Crippen molar-refractivity contribution in [1.82, 2.24) is 15.6 Å². The number of aromatic nitrogens is 1. The standard InChI is InChI=1S/C17H21FN4O/c1-12-8-13(4-5-15(12)18)10-20-17(23)21-11-14-6-7-19-16(9-14)22(2)3/h4-9H,10-11H2,1-3H3,(H2,20,21,23). The van der Waals surface area contributed by atoms with Crippen molar-refractivity contribution in [3.8, 4) is 0 Å². The van der Waals surface area contributed by atoms with Gasteiger partial charge in [0.15, 0.2) is 0 Å². The highest BCUT2D eigenvalue weighted by molar-refractivity contribution is 5.73. The minimum absolute atomic E-state index is 0.243. The molecule has 1 aromatic carbocycles. The molecule has 0 unspecified atom stereocenters. The zero-order valence-corrected chi connectivity index (χ0v) is 13.6. The van der Waals surface area contributed by atoms with E-state index in [-0.39, 0.29) is 11.8 Å². The van der Waals surface area contributed by atoms with Crippen LogP contribution in [0.1, 0.15) is 16.7 Å². The van der Waals surface area contributed by atoms with Crippen LogP contribution in [-0.2, 0) is 13.1 Å². The van der Waals surface area contributed by atoms with Crippen LogP contribution in [0.25, 0.3) is 0 Å². The molecule has 122 valence electrons. The van der Waals surface area contributed by atoms with Crippen LogP contribution < -0.4 is 15.5 Å². The zero-order chi connectivity index (χ0) is 16.8.